The summed E-state index contributed by atoms with van der Waals surface area (Å²) in [5, 5.41) is 5.66. The summed E-state index contributed by atoms with van der Waals surface area (Å²) in [5.74, 6) is -1.29. The second kappa shape index (κ2) is 13.1. The number of carbonyl (C=O) groups excluding carboxylic acids is 4. The van der Waals surface area contributed by atoms with Gasteiger partial charge in [0.05, 0.1) is 7.11 Å². The number of hydrogen-bond donors (Lipinski definition) is 2. The highest BCUT2D eigenvalue weighted by atomic mass is 16.6. The van der Waals surface area contributed by atoms with Crippen molar-refractivity contribution in [3.63, 3.8) is 0 Å². The van der Waals surface area contributed by atoms with Gasteiger partial charge >= 0.3 is 12.1 Å². The van der Waals surface area contributed by atoms with Gasteiger partial charge in [-0.05, 0) is 63.7 Å². The fourth-order valence-electron chi connectivity index (χ4n) is 5.63. The standard InChI is InChI=1S/C28H43N3O6/c1-5-7-8-9-10-15-22(29-27(35)37-21-13-11-12-14-21)25(33)31-18-19(3)16-23(31)24(32)30-28(26(34)36-4)17-20(28)6-2/h5-6,19-23H,1-2,7-18H2,3-4H3,(H,29,35)(H,30,32)/t19?,20-,22+,23+,28-/m1/s1. The summed E-state index contributed by atoms with van der Waals surface area (Å²) in [6.45, 7) is 9.88. The summed E-state index contributed by atoms with van der Waals surface area (Å²) < 4.78 is 10.5. The predicted molar refractivity (Wildman–Crippen MR) is 139 cm³/mol. The summed E-state index contributed by atoms with van der Waals surface area (Å²) in [4.78, 5) is 53.8. The van der Waals surface area contributed by atoms with Crippen LogP contribution in [0.2, 0.25) is 0 Å². The van der Waals surface area contributed by atoms with Gasteiger partial charge in [0.1, 0.15) is 23.7 Å². The predicted octanol–water partition coefficient (Wildman–Crippen LogP) is 3.63. The molecule has 3 rings (SSSR count). The number of carbonyl (C=O) groups is 4. The van der Waals surface area contributed by atoms with Crippen molar-refractivity contribution >= 4 is 23.9 Å². The van der Waals surface area contributed by atoms with E-state index in [0.29, 0.717) is 25.8 Å². The van der Waals surface area contributed by atoms with E-state index in [0.717, 1.165) is 51.4 Å². The minimum Gasteiger partial charge on any atom is -0.467 e. The number of methoxy groups -OCH3 is 1. The van der Waals surface area contributed by atoms with Gasteiger partial charge in [-0.2, -0.15) is 0 Å². The smallest absolute Gasteiger partial charge is 0.408 e. The Labute approximate surface area is 220 Å². The van der Waals surface area contributed by atoms with E-state index in [4.69, 9.17) is 9.47 Å². The lowest BCUT2D eigenvalue weighted by molar-refractivity contribution is -0.148. The normalized spacial score (nSPS) is 27.7. The fraction of sp³-hybridized carbons (Fsp3) is 0.714. The van der Waals surface area contributed by atoms with Crippen LogP contribution in [0.4, 0.5) is 4.79 Å². The molecule has 0 radical (unpaired) electrons. The molecule has 3 fully saturated rings. The van der Waals surface area contributed by atoms with Crippen LogP contribution < -0.4 is 10.6 Å². The number of nitrogens with one attached hydrogen (secondary N) is 2. The number of unbranched alkanes of at least 4 members (excludes halogenated alkanes) is 3. The molecule has 2 N–H and O–H groups in total. The molecule has 1 saturated heterocycles. The molecule has 0 aromatic carbocycles. The zero-order valence-electron chi connectivity index (χ0n) is 22.3. The van der Waals surface area contributed by atoms with Crippen molar-refractivity contribution in [1.82, 2.24) is 15.5 Å². The maximum Gasteiger partial charge on any atom is 0.408 e. The van der Waals surface area contributed by atoms with E-state index in [-0.39, 0.29) is 29.8 Å². The van der Waals surface area contributed by atoms with E-state index in [1.54, 1.807) is 11.0 Å². The lowest BCUT2D eigenvalue weighted by atomic mass is 10.0. The second-order valence-electron chi connectivity index (χ2n) is 10.8. The molecule has 1 aliphatic heterocycles. The molecular formula is C28H43N3O6. The molecular weight excluding hydrogens is 474 g/mol. The molecule has 1 heterocycles. The zero-order valence-corrected chi connectivity index (χ0v) is 22.3. The highest BCUT2D eigenvalue weighted by Gasteiger charge is 2.61. The van der Waals surface area contributed by atoms with Crippen molar-refractivity contribution in [2.75, 3.05) is 13.7 Å². The van der Waals surface area contributed by atoms with Crippen LogP contribution in [0.3, 0.4) is 0 Å². The Kier molecular flexibility index (Phi) is 10.2. The van der Waals surface area contributed by atoms with Gasteiger partial charge < -0.3 is 25.0 Å². The topological polar surface area (TPSA) is 114 Å². The third-order valence-electron chi connectivity index (χ3n) is 7.86. The lowest BCUT2D eigenvalue weighted by Crippen LogP contribution is -2.56. The van der Waals surface area contributed by atoms with Gasteiger partial charge in [0.25, 0.3) is 0 Å². The molecule has 1 unspecified atom stereocenters. The van der Waals surface area contributed by atoms with E-state index >= 15 is 0 Å². The number of amides is 3. The van der Waals surface area contributed by atoms with Crippen molar-refractivity contribution in [2.45, 2.75) is 101 Å². The van der Waals surface area contributed by atoms with Gasteiger partial charge in [0.2, 0.25) is 11.8 Å². The minimum atomic E-state index is -1.12. The van der Waals surface area contributed by atoms with Gasteiger partial charge in [-0.1, -0.05) is 31.9 Å². The first kappa shape index (κ1) is 28.7. The Morgan fingerprint density at radius 3 is 2.49 bits per heavy atom. The van der Waals surface area contributed by atoms with Crippen LogP contribution in [0.5, 0.6) is 0 Å². The maximum atomic E-state index is 13.7. The first-order chi connectivity index (χ1) is 17.7. The average molecular weight is 518 g/mol. The van der Waals surface area contributed by atoms with Crippen LogP contribution in [0.1, 0.15) is 77.6 Å². The zero-order chi connectivity index (χ0) is 27.0. The number of hydrogen-bond acceptors (Lipinski definition) is 6. The molecule has 206 valence electrons. The Balaban J connectivity index is 1.69. The molecule has 37 heavy (non-hydrogen) atoms. The summed E-state index contributed by atoms with van der Waals surface area (Å²) in [6.07, 6.45) is 11.4. The summed E-state index contributed by atoms with van der Waals surface area (Å²) in [7, 11) is 1.29. The molecule has 0 aromatic heterocycles. The average Bonchev–Trinajstić information content (AvgIpc) is 3.17. The molecule has 0 spiro atoms. The van der Waals surface area contributed by atoms with Gasteiger partial charge in [0.15, 0.2) is 0 Å². The number of nitrogens with zero attached hydrogens (tertiary/aromatic N) is 1. The van der Waals surface area contributed by atoms with Gasteiger partial charge in [-0.3, -0.25) is 9.59 Å². The molecule has 9 nitrogen and oxygen atoms in total. The van der Waals surface area contributed by atoms with Crippen LogP contribution in [-0.4, -0.2) is 66.2 Å². The monoisotopic (exact) mass is 517 g/mol. The number of rotatable bonds is 13. The first-order valence-electron chi connectivity index (χ1n) is 13.7. The highest BCUT2D eigenvalue weighted by Crippen LogP contribution is 2.45. The molecule has 5 atom stereocenters. The largest absolute Gasteiger partial charge is 0.467 e. The van der Waals surface area contributed by atoms with Gasteiger partial charge in [0, 0.05) is 12.5 Å². The van der Waals surface area contributed by atoms with Gasteiger partial charge in [-0.15, -0.1) is 13.2 Å². The Bertz CT molecular complexity index is 870. The van der Waals surface area contributed by atoms with Crippen LogP contribution >= 0.6 is 0 Å². The van der Waals surface area contributed by atoms with Crippen LogP contribution in [0.15, 0.2) is 25.3 Å². The van der Waals surface area contributed by atoms with E-state index in [1.807, 2.05) is 13.0 Å². The summed E-state index contributed by atoms with van der Waals surface area (Å²) in [6, 6.07) is -1.51. The summed E-state index contributed by atoms with van der Waals surface area (Å²) >= 11 is 0. The minimum absolute atomic E-state index is 0.0989. The molecule has 2 saturated carbocycles. The highest BCUT2D eigenvalue weighted by molar-refractivity contribution is 5.96. The molecule has 9 heteroatoms. The summed E-state index contributed by atoms with van der Waals surface area (Å²) in [5.41, 5.74) is -1.12. The second-order valence-corrected chi connectivity index (χ2v) is 10.8. The van der Waals surface area contributed by atoms with E-state index in [9.17, 15) is 19.2 Å². The SMILES string of the molecule is C=CCCCCC[C@H](NC(=O)OC1CCCC1)C(=O)N1CC(C)C[C@H]1C(=O)N[C@]1(C(=O)OC)C[C@H]1C=C. The number of likely N-dealkylation sites (tertiary alicyclic amines) is 1. The quantitative estimate of drug-likeness (QED) is 0.219. The molecule has 0 bridgehead atoms. The number of ether oxygens (including phenoxy) is 2. The van der Waals surface area contributed by atoms with Crippen LogP contribution in [0, 0.1) is 11.8 Å². The van der Waals surface area contributed by atoms with E-state index in [1.165, 1.54) is 7.11 Å². The first-order valence-corrected chi connectivity index (χ1v) is 13.7. The number of alkyl carbamates (subject to hydrolysis) is 1. The van der Waals surface area contributed by atoms with Crippen molar-refractivity contribution in [3.05, 3.63) is 25.3 Å². The third kappa shape index (κ3) is 7.14. The number of esters is 1. The Morgan fingerprint density at radius 1 is 1.14 bits per heavy atom. The van der Waals surface area contributed by atoms with Crippen LogP contribution in [0.25, 0.3) is 0 Å². The molecule has 3 amide bonds. The van der Waals surface area contributed by atoms with Crippen LogP contribution in [-0.2, 0) is 23.9 Å². The van der Waals surface area contributed by atoms with E-state index < -0.39 is 29.7 Å². The Morgan fingerprint density at radius 2 is 1.86 bits per heavy atom. The maximum absolute atomic E-state index is 13.7. The van der Waals surface area contributed by atoms with Crippen molar-refractivity contribution in [1.29, 1.82) is 0 Å². The van der Waals surface area contributed by atoms with Crippen molar-refractivity contribution in [2.24, 2.45) is 11.8 Å². The lowest BCUT2D eigenvalue weighted by Gasteiger charge is -2.30. The van der Waals surface area contributed by atoms with Gasteiger partial charge in [-0.25, -0.2) is 9.59 Å². The Hall–Kier alpha value is -2.84. The van der Waals surface area contributed by atoms with Crippen molar-refractivity contribution in [3.8, 4) is 0 Å². The molecule has 2 aliphatic carbocycles. The molecule has 3 aliphatic rings. The fourth-order valence-corrected chi connectivity index (χ4v) is 5.63. The van der Waals surface area contributed by atoms with Crippen molar-refractivity contribution < 1.29 is 28.7 Å². The molecule has 0 aromatic rings. The third-order valence-corrected chi connectivity index (χ3v) is 7.86. The van der Waals surface area contributed by atoms with E-state index in [2.05, 4.69) is 23.8 Å². The number of allylic oxidation sites excluding steroid dienone is 1.